The molecule has 0 saturated heterocycles. The third-order valence-electron chi connectivity index (χ3n) is 3.45. The highest BCUT2D eigenvalue weighted by molar-refractivity contribution is 6.08. The van der Waals surface area contributed by atoms with E-state index in [1.807, 2.05) is 13.0 Å². The first-order valence-electron chi connectivity index (χ1n) is 7.44. The van der Waals surface area contributed by atoms with E-state index in [1.54, 1.807) is 24.3 Å². The van der Waals surface area contributed by atoms with Crippen molar-refractivity contribution in [3.8, 4) is 17.2 Å². The minimum Gasteiger partial charge on any atom is -0.496 e. The highest BCUT2D eigenvalue weighted by Gasteiger charge is 2.12. The van der Waals surface area contributed by atoms with Gasteiger partial charge in [-0.2, -0.15) is 8.78 Å². The third kappa shape index (κ3) is 4.79. The lowest BCUT2D eigenvalue weighted by Gasteiger charge is -2.10. The van der Waals surface area contributed by atoms with Crippen LogP contribution >= 0.6 is 0 Å². The molecule has 6 heteroatoms. The number of rotatable bonds is 7. The SMILES string of the molecule is COc1cc(C=CC(=O)c2ccc(C)cc2OC)ccc1OC(F)F. The Morgan fingerprint density at radius 3 is 2.36 bits per heavy atom. The molecule has 0 aliphatic rings. The molecule has 0 bridgehead atoms. The summed E-state index contributed by atoms with van der Waals surface area (Å²) in [6.07, 6.45) is 2.95. The Bertz CT molecular complexity index is 785. The Hall–Kier alpha value is -2.89. The molecule has 0 heterocycles. The zero-order valence-corrected chi connectivity index (χ0v) is 14.1. The molecule has 0 fully saturated rings. The zero-order chi connectivity index (χ0) is 18.4. The lowest BCUT2D eigenvalue weighted by atomic mass is 10.1. The van der Waals surface area contributed by atoms with Gasteiger partial charge < -0.3 is 14.2 Å². The van der Waals surface area contributed by atoms with Crippen molar-refractivity contribution >= 4 is 11.9 Å². The molecule has 132 valence electrons. The van der Waals surface area contributed by atoms with Crippen molar-refractivity contribution in [1.82, 2.24) is 0 Å². The largest absolute Gasteiger partial charge is 0.496 e. The summed E-state index contributed by atoms with van der Waals surface area (Å²) < 4.78 is 39.3. The standard InChI is InChI=1S/C19H18F2O4/c1-12-4-7-14(17(10-12)23-2)15(22)8-5-13-6-9-16(25-19(20)21)18(11-13)24-3/h4-11,19H,1-3H3. The summed E-state index contributed by atoms with van der Waals surface area (Å²) in [5, 5.41) is 0. The Kier molecular flexibility index (Phi) is 6.11. The number of hydrogen-bond donors (Lipinski definition) is 0. The van der Waals surface area contributed by atoms with E-state index in [4.69, 9.17) is 9.47 Å². The van der Waals surface area contributed by atoms with Crippen LogP contribution in [-0.4, -0.2) is 26.6 Å². The Labute approximate surface area is 144 Å². The van der Waals surface area contributed by atoms with Crippen LogP contribution in [0.4, 0.5) is 8.78 Å². The van der Waals surface area contributed by atoms with E-state index in [2.05, 4.69) is 4.74 Å². The van der Waals surface area contributed by atoms with Crippen molar-refractivity contribution in [3.05, 3.63) is 59.2 Å². The maximum atomic E-state index is 12.4. The molecule has 0 spiro atoms. The van der Waals surface area contributed by atoms with Crippen LogP contribution in [0, 0.1) is 6.92 Å². The van der Waals surface area contributed by atoms with Gasteiger partial charge >= 0.3 is 6.61 Å². The summed E-state index contributed by atoms with van der Waals surface area (Å²) in [4.78, 5) is 12.4. The van der Waals surface area contributed by atoms with Gasteiger partial charge in [0.05, 0.1) is 19.8 Å². The molecule has 2 rings (SSSR count). The zero-order valence-electron chi connectivity index (χ0n) is 14.1. The van der Waals surface area contributed by atoms with Crippen LogP contribution in [0.15, 0.2) is 42.5 Å². The number of halogens is 2. The molecule has 0 saturated carbocycles. The summed E-state index contributed by atoms with van der Waals surface area (Å²) in [6, 6.07) is 9.72. The van der Waals surface area contributed by atoms with Crippen LogP contribution in [-0.2, 0) is 0 Å². The van der Waals surface area contributed by atoms with Crippen molar-refractivity contribution < 1.29 is 27.8 Å². The fourth-order valence-corrected chi connectivity index (χ4v) is 2.24. The molecule has 2 aromatic carbocycles. The molecule has 0 aromatic heterocycles. The molecule has 0 unspecified atom stereocenters. The summed E-state index contributed by atoms with van der Waals surface area (Å²) in [5.41, 5.74) is 2.03. The second-order valence-corrected chi connectivity index (χ2v) is 5.19. The van der Waals surface area contributed by atoms with Gasteiger partial charge in [-0.25, -0.2) is 0 Å². The van der Waals surface area contributed by atoms with Gasteiger partial charge in [0.2, 0.25) is 0 Å². The predicted molar refractivity (Wildman–Crippen MR) is 90.7 cm³/mol. The minimum atomic E-state index is -2.94. The van der Waals surface area contributed by atoms with Gasteiger partial charge in [0, 0.05) is 0 Å². The highest BCUT2D eigenvalue weighted by atomic mass is 19.3. The number of hydrogen-bond acceptors (Lipinski definition) is 4. The van der Waals surface area contributed by atoms with Crippen LogP contribution in [0.5, 0.6) is 17.2 Å². The number of ketones is 1. The van der Waals surface area contributed by atoms with Gasteiger partial charge in [0.1, 0.15) is 5.75 Å². The minimum absolute atomic E-state index is 0.0684. The first-order chi connectivity index (χ1) is 11.9. The molecule has 0 atom stereocenters. The molecule has 0 aliphatic heterocycles. The summed E-state index contributed by atoms with van der Waals surface area (Å²) >= 11 is 0. The topological polar surface area (TPSA) is 44.8 Å². The van der Waals surface area contributed by atoms with Crippen molar-refractivity contribution in [1.29, 1.82) is 0 Å². The average Bonchev–Trinajstić information content (AvgIpc) is 2.59. The maximum absolute atomic E-state index is 12.4. The molecule has 4 nitrogen and oxygen atoms in total. The number of benzene rings is 2. The molecular formula is C19H18F2O4. The fraction of sp³-hybridized carbons (Fsp3) is 0.211. The predicted octanol–water partition coefficient (Wildman–Crippen LogP) is 4.51. The van der Waals surface area contributed by atoms with E-state index in [0.29, 0.717) is 16.9 Å². The number of ether oxygens (including phenoxy) is 3. The van der Waals surface area contributed by atoms with Crippen LogP contribution in [0.25, 0.3) is 6.08 Å². The van der Waals surface area contributed by atoms with Crippen molar-refractivity contribution in [2.45, 2.75) is 13.5 Å². The van der Waals surface area contributed by atoms with Gasteiger partial charge in [-0.05, 0) is 48.4 Å². The van der Waals surface area contributed by atoms with Crippen LogP contribution < -0.4 is 14.2 Å². The van der Waals surface area contributed by atoms with Gasteiger partial charge in [-0.3, -0.25) is 4.79 Å². The second-order valence-electron chi connectivity index (χ2n) is 5.19. The normalized spacial score (nSPS) is 11.0. The van der Waals surface area contributed by atoms with Crippen LogP contribution in [0.1, 0.15) is 21.5 Å². The number of carbonyl (C=O) groups is 1. The highest BCUT2D eigenvalue weighted by Crippen LogP contribution is 2.30. The van der Waals surface area contributed by atoms with Crippen LogP contribution in [0.2, 0.25) is 0 Å². The number of alkyl halides is 2. The summed E-state index contributed by atoms with van der Waals surface area (Å²) in [6.45, 7) is -1.03. The molecule has 0 amide bonds. The van der Waals surface area contributed by atoms with Crippen molar-refractivity contribution in [2.75, 3.05) is 14.2 Å². The molecular weight excluding hydrogens is 330 g/mol. The van der Waals surface area contributed by atoms with E-state index in [9.17, 15) is 13.6 Å². The first-order valence-corrected chi connectivity index (χ1v) is 7.44. The molecule has 0 aliphatic carbocycles. The molecule has 0 radical (unpaired) electrons. The number of carbonyl (C=O) groups excluding carboxylic acids is 1. The second kappa shape index (κ2) is 8.28. The molecule has 0 N–H and O–H groups in total. The smallest absolute Gasteiger partial charge is 0.387 e. The van der Waals surface area contributed by atoms with Gasteiger partial charge in [0.15, 0.2) is 17.3 Å². The van der Waals surface area contributed by atoms with Gasteiger partial charge in [0.25, 0.3) is 0 Å². The lowest BCUT2D eigenvalue weighted by Crippen LogP contribution is -2.03. The van der Waals surface area contributed by atoms with E-state index in [1.165, 1.54) is 32.4 Å². The van der Waals surface area contributed by atoms with Gasteiger partial charge in [-0.1, -0.05) is 18.2 Å². The Balaban J connectivity index is 2.22. The fourth-order valence-electron chi connectivity index (χ4n) is 2.24. The Morgan fingerprint density at radius 2 is 1.72 bits per heavy atom. The van der Waals surface area contributed by atoms with Gasteiger partial charge in [-0.15, -0.1) is 0 Å². The maximum Gasteiger partial charge on any atom is 0.387 e. The monoisotopic (exact) mass is 348 g/mol. The van der Waals surface area contributed by atoms with E-state index in [0.717, 1.165) is 5.56 Å². The average molecular weight is 348 g/mol. The van der Waals surface area contributed by atoms with Crippen LogP contribution in [0.3, 0.4) is 0 Å². The summed E-state index contributed by atoms with van der Waals surface area (Å²) in [7, 11) is 2.85. The molecule has 2 aromatic rings. The number of methoxy groups -OCH3 is 2. The van der Waals surface area contributed by atoms with E-state index in [-0.39, 0.29) is 17.3 Å². The number of allylic oxidation sites excluding steroid dienone is 1. The van der Waals surface area contributed by atoms with Crippen molar-refractivity contribution in [2.24, 2.45) is 0 Å². The summed E-state index contributed by atoms with van der Waals surface area (Å²) in [5.74, 6) is 0.348. The van der Waals surface area contributed by atoms with Crippen molar-refractivity contribution in [3.63, 3.8) is 0 Å². The molecule has 25 heavy (non-hydrogen) atoms. The first kappa shape index (κ1) is 18.4. The lowest BCUT2D eigenvalue weighted by molar-refractivity contribution is -0.0512. The van der Waals surface area contributed by atoms with E-state index >= 15 is 0 Å². The third-order valence-corrected chi connectivity index (χ3v) is 3.45. The number of aryl methyl sites for hydroxylation is 1. The van der Waals surface area contributed by atoms with E-state index < -0.39 is 6.61 Å². The quantitative estimate of drug-likeness (QED) is 0.545. The Morgan fingerprint density at radius 1 is 1.00 bits per heavy atom.